The van der Waals surface area contributed by atoms with E-state index in [1.54, 1.807) is 36.4 Å². The zero-order valence-corrected chi connectivity index (χ0v) is 10.6. The monoisotopic (exact) mass is 263 g/mol. The van der Waals surface area contributed by atoms with E-state index in [9.17, 15) is 8.42 Å². The second-order valence-electron chi connectivity index (χ2n) is 3.94. The Morgan fingerprint density at radius 3 is 2.28 bits per heavy atom. The third-order valence-corrected chi connectivity index (χ3v) is 3.68. The van der Waals surface area contributed by atoms with Gasteiger partial charge in [-0.3, -0.25) is 0 Å². The fraction of sp³-hybridized carbons (Fsp3) is 0.0833. The number of rotatable bonds is 2. The molecule has 4 N–H and O–H groups in total. The fourth-order valence-electron chi connectivity index (χ4n) is 1.73. The van der Waals surface area contributed by atoms with Gasteiger partial charge in [-0.25, -0.2) is 13.4 Å². The number of hydrogen-bond acceptors (Lipinski definition) is 5. The molecule has 0 amide bonds. The van der Waals surface area contributed by atoms with E-state index in [0.717, 1.165) is 6.26 Å². The van der Waals surface area contributed by atoms with Crippen LogP contribution < -0.4 is 11.5 Å². The van der Waals surface area contributed by atoms with E-state index in [2.05, 4.69) is 4.98 Å². The third-order valence-electron chi connectivity index (χ3n) is 2.52. The molecule has 18 heavy (non-hydrogen) atoms. The maximum atomic E-state index is 11.7. The molecule has 0 spiro atoms. The Morgan fingerprint density at radius 2 is 1.67 bits per heavy atom. The first-order valence-corrected chi connectivity index (χ1v) is 7.10. The lowest BCUT2D eigenvalue weighted by molar-refractivity contribution is 0.602. The highest BCUT2D eigenvalue weighted by atomic mass is 32.2. The van der Waals surface area contributed by atoms with Crippen molar-refractivity contribution in [2.75, 3.05) is 17.7 Å². The van der Waals surface area contributed by atoms with Crippen LogP contribution in [0.25, 0.3) is 11.1 Å². The lowest BCUT2D eigenvalue weighted by atomic mass is 10.1. The molecule has 0 aliphatic carbocycles. The number of nitrogens with zero attached hydrogens (tertiary/aromatic N) is 1. The average molecular weight is 263 g/mol. The van der Waals surface area contributed by atoms with Gasteiger partial charge in [0, 0.05) is 17.4 Å². The molecule has 0 unspecified atom stereocenters. The SMILES string of the molecule is CS(=O)(=O)c1ccccc1-c1ccc(N)nc1N. The molecule has 0 aliphatic rings. The molecule has 0 saturated carbocycles. The molecule has 5 nitrogen and oxygen atoms in total. The predicted molar refractivity (Wildman–Crippen MR) is 71.6 cm³/mol. The van der Waals surface area contributed by atoms with Crippen LogP contribution in [0.1, 0.15) is 0 Å². The van der Waals surface area contributed by atoms with E-state index in [1.807, 2.05) is 0 Å². The van der Waals surface area contributed by atoms with Gasteiger partial charge in [0.25, 0.3) is 0 Å². The van der Waals surface area contributed by atoms with E-state index >= 15 is 0 Å². The number of pyridine rings is 1. The molecular weight excluding hydrogens is 250 g/mol. The second kappa shape index (κ2) is 4.30. The number of benzene rings is 1. The molecule has 94 valence electrons. The van der Waals surface area contributed by atoms with Gasteiger partial charge in [-0.1, -0.05) is 18.2 Å². The lowest BCUT2D eigenvalue weighted by Gasteiger charge is -2.10. The van der Waals surface area contributed by atoms with E-state index in [1.165, 1.54) is 0 Å². The van der Waals surface area contributed by atoms with Crippen molar-refractivity contribution in [2.24, 2.45) is 0 Å². The standard InChI is InChI=1S/C12H13N3O2S/c1-18(16,17)10-5-3-2-4-8(10)9-6-7-11(13)15-12(9)14/h2-7H,1H3,(H4,13,14,15). The summed E-state index contributed by atoms with van der Waals surface area (Å²) in [7, 11) is -3.32. The van der Waals surface area contributed by atoms with Gasteiger partial charge in [-0.05, 0) is 18.2 Å². The molecule has 0 fully saturated rings. The van der Waals surface area contributed by atoms with Crippen LogP contribution in [0, 0.1) is 0 Å². The van der Waals surface area contributed by atoms with Crippen LogP contribution in [-0.4, -0.2) is 19.7 Å². The van der Waals surface area contributed by atoms with Crippen molar-refractivity contribution in [3.63, 3.8) is 0 Å². The molecule has 0 radical (unpaired) electrons. The van der Waals surface area contributed by atoms with Crippen LogP contribution >= 0.6 is 0 Å². The van der Waals surface area contributed by atoms with Crippen LogP contribution in [0.15, 0.2) is 41.3 Å². The Labute approximate surface area is 105 Å². The quantitative estimate of drug-likeness (QED) is 0.851. The lowest BCUT2D eigenvalue weighted by Crippen LogP contribution is -2.03. The molecule has 2 rings (SSSR count). The molecule has 1 heterocycles. The van der Waals surface area contributed by atoms with Crippen molar-refractivity contribution in [2.45, 2.75) is 4.90 Å². The maximum absolute atomic E-state index is 11.7. The Kier molecular flexibility index (Phi) is 2.96. The zero-order valence-electron chi connectivity index (χ0n) is 9.79. The van der Waals surface area contributed by atoms with E-state index in [4.69, 9.17) is 11.5 Å². The largest absolute Gasteiger partial charge is 0.384 e. The van der Waals surface area contributed by atoms with Crippen LogP contribution in [-0.2, 0) is 9.84 Å². The molecule has 0 aliphatic heterocycles. The smallest absolute Gasteiger partial charge is 0.176 e. The van der Waals surface area contributed by atoms with Crippen LogP contribution in [0.2, 0.25) is 0 Å². The highest BCUT2D eigenvalue weighted by Crippen LogP contribution is 2.30. The first kappa shape index (κ1) is 12.4. The summed E-state index contributed by atoms with van der Waals surface area (Å²) in [5.74, 6) is 0.513. The maximum Gasteiger partial charge on any atom is 0.176 e. The predicted octanol–water partition coefficient (Wildman–Crippen LogP) is 1.32. The van der Waals surface area contributed by atoms with Gasteiger partial charge in [0.15, 0.2) is 9.84 Å². The first-order chi connectivity index (χ1) is 8.39. The van der Waals surface area contributed by atoms with Crippen molar-refractivity contribution in [1.82, 2.24) is 4.98 Å². The summed E-state index contributed by atoms with van der Waals surface area (Å²) in [6.45, 7) is 0. The minimum Gasteiger partial charge on any atom is -0.384 e. The van der Waals surface area contributed by atoms with Gasteiger partial charge in [-0.2, -0.15) is 0 Å². The number of nitrogens with two attached hydrogens (primary N) is 2. The van der Waals surface area contributed by atoms with Crippen molar-refractivity contribution < 1.29 is 8.42 Å². The topological polar surface area (TPSA) is 99.1 Å². The molecule has 1 aromatic carbocycles. The number of anilines is 2. The molecule has 1 aromatic heterocycles. The summed E-state index contributed by atoms with van der Waals surface area (Å²) < 4.78 is 23.4. The zero-order chi connectivity index (χ0) is 13.3. The fourth-order valence-corrected chi connectivity index (χ4v) is 2.63. The molecule has 0 saturated heterocycles. The molecular formula is C12H13N3O2S. The molecule has 2 aromatic rings. The minimum absolute atomic E-state index is 0.214. The summed E-state index contributed by atoms with van der Waals surface area (Å²) in [5.41, 5.74) is 12.4. The van der Waals surface area contributed by atoms with Crippen molar-refractivity contribution in [1.29, 1.82) is 0 Å². The third kappa shape index (κ3) is 2.28. The minimum atomic E-state index is -3.32. The van der Waals surface area contributed by atoms with Gasteiger partial charge < -0.3 is 11.5 Å². The molecule has 6 heteroatoms. The molecule has 0 bridgehead atoms. The van der Waals surface area contributed by atoms with E-state index < -0.39 is 9.84 Å². The Balaban J connectivity index is 2.72. The number of sulfone groups is 1. The van der Waals surface area contributed by atoms with Crippen molar-refractivity contribution >= 4 is 21.5 Å². The number of nitrogen functional groups attached to an aromatic ring is 2. The second-order valence-corrected chi connectivity index (χ2v) is 5.92. The average Bonchev–Trinajstić information content (AvgIpc) is 2.28. The van der Waals surface area contributed by atoms with Crippen molar-refractivity contribution in [3.05, 3.63) is 36.4 Å². The van der Waals surface area contributed by atoms with Gasteiger partial charge in [0.1, 0.15) is 11.6 Å². The van der Waals surface area contributed by atoms with Crippen LogP contribution in [0.4, 0.5) is 11.6 Å². The highest BCUT2D eigenvalue weighted by molar-refractivity contribution is 7.90. The van der Waals surface area contributed by atoms with Gasteiger partial charge in [0.05, 0.1) is 4.90 Å². The Hall–Kier alpha value is -2.08. The Morgan fingerprint density at radius 1 is 1.00 bits per heavy atom. The normalized spacial score (nSPS) is 11.4. The summed E-state index contributed by atoms with van der Waals surface area (Å²) in [6.07, 6.45) is 1.16. The summed E-state index contributed by atoms with van der Waals surface area (Å²) in [4.78, 5) is 4.16. The summed E-state index contributed by atoms with van der Waals surface area (Å²) >= 11 is 0. The number of hydrogen-bond donors (Lipinski definition) is 2. The van der Waals surface area contributed by atoms with Gasteiger partial charge in [-0.15, -0.1) is 0 Å². The van der Waals surface area contributed by atoms with Crippen molar-refractivity contribution in [3.8, 4) is 11.1 Å². The van der Waals surface area contributed by atoms with E-state index in [0.29, 0.717) is 16.9 Å². The molecule has 0 atom stereocenters. The summed E-state index contributed by atoms with van der Waals surface area (Å²) in [6, 6.07) is 9.91. The Bertz CT molecular complexity index is 696. The van der Waals surface area contributed by atoms with Crippen LogP contribution in [0.5, 0.6) is 0 Å². The number of aromatic nitrogens is 1. The first-order valence-electron chi connectivity index (χ1n) is 5.21. The van der Waals surface area contributed by atoms with E-state index in [-0.39, 0.29) is 10.7 Å². The summed E-state index contributed by atoms with van der Waals surface area (Å²) in [5, 5.41) is 0. The highest BCUT2D eigenvalue weighted by Gasteiger charge is 2.15. The van der Waals surface area contributed by atoms with Gasteiger partial charge in [0.2, 0.25) is 0 Å². The van der Waals surface area contributed by atoms with Crippen LogP contribution in [0.3, 0.4) is 0 Å². The van der Waals surface area contributed by atoms with Gasteiger partial charge >= 0.3 is 0 Å².